The molecule has 0 aliphatic carbocycles. The standard InChI is InChI=1S/C12H12ClN5O3/c1-2-3-7-4-10(17-16-7)15-12(19)9-5-8(18(20)21)6-14-11(9)13/h4-6H,2-3H2,1H3,(H2,15,16,17,19). The van der Waals surface area contributed by atoms with E-state index in [1.165, 1.54) is 0 Å². The third-order valence-corrected chi connectivity index (χ3v) is 2.97. The van der Waals surface area contributed by atoms with Crippen molar-refractivity contribution in [2.24, 2.45) is 0 Å². The molecule has 2 aromatic heterocycles. The summed E-state index contributed by atoms with van der Waals surface area (Å²) in [5.74, 6) is -0.281. The fraction of sp³-hybridized carbons (Fsp3) is 0.250. The number of carbonyl (C=O) groups is 1. The lowest BCUT2D eigenvalue weighted by Crippen LogP contribution is -2.13. The summed E-state index contributed by atoms with van der Waals surface area (Å²) in [6.07, 6.45) is 2.74. The van der Waals surface area contributed by atoms with Gasteiger partial charge in [-0.05, 0) is 6.42 Å². The van der Waals surface area contributed by atoms with Crippen molar-refractivity contribution in [1.29, 1.82) is 0 Å². The Labute approximate surface area is 124 Å². The van der Waals surface area contributed by atoms with Crippen molar-refractivity contribution in [1.82, 2.24) is 15.2 Å². The number of nitrogens with one attached hydrogen (secondary N) is 2. The van der Waals surface area contributed by atoms with Crippen LogP contribution in [0.1, 0.15) is 29.4 Å². The summed E-state index contributed by atoms with van der Waals surface area (Å²) >= 11 is 5.79. The molecule has 2 N–H and O–H groups in total. The maximum absolute atomic E-state index is 12.1. The topological polar surface area (TPSA) is 114 Å². The number of nitrogens with zero attached hydrogens (tertiary/aromatic N) is 3. The lowest BCUT2D eigenvalue weighted by molar-refractivity contribution is -0.385. The number of hydrogen-bond acceptors (Lipinski definition) is 5. The van der Waals surface area contributed by atoms with Gasteiger partial charge < -0.3 is 5.32 Å². The van der Waals surface area contributed by atoms with Crippen LogP contribution in [0.2, 0.25) is 5.15 Å². The molecule has 2 aromatic rings. The molecule has 110 valence electrons. The number of hydrogen-bond donors (Lipinski definition) is 2. The van der Waals surface area contributed by atoms with E-state index in [1.54, 1.807) is 6.07 Å². The van der Waals surface area contributed by atoms with Crippen molar-refractivity contribution in [3.8, 4) is 0 Å². The monoisotopic (exact) mass is 309 g/mol. The maximum atomic E-state index is 12.1. The first-order valence-corrected chi connectivity index (χ1v) is 6.54. The third-order valence-electron chi connectivity index (χ3n) is 2.67. The zero-order chi connectivity index (χ0) is 15.4. The van der Waals surface area contributed by atoms with Gasteiger partial charge in [-0.3, -0.25) is 20.0 Å². The van der Waals surface area contributed by atoms with Crippen LogP contribution in [-0.2, 0) is 6.42 Å². The van der Waals surface area contributed by atoms with E-state index in [2.05, 4.69) is 20.5 Å². The SMILES string of the molecule is CCCc1cc(NC(=O)c2cc([N+](=O)[O-])cnc2Cl)n[nH]1. The molecule has 0 unspecified atom stereocenters. The normalized spacial score (nSPS) is 10.4. The average Bonchev–Trinajstić information content (AvgIpc) is 2.86. The van der Waals surface area contributed by atoms with Crippen LogP contribution in [0.5, 0.6) is 0 Å². The van der Waals surface area contributed by atoms with Crippen LogP contribution in [-0.4, -0.2) is 26.0 Å². The van der Waals surface area contributed by atoms with Crippen molar-refractivity contribution >= 4 is 29.0 Å². The minimum absolute atomic E-state index is 0.0779. The van der Waals surface area contributed by atoms with Crippen LogP contribution >= 0.6 is 11.6 Å². The molecule has 0 bridgehead atoms. The molecule has 0 saturated carbocycles. The van der Waals surface area contributed by atoms with Crippen molar-refractivity contribution < 1.29 is 9.72 Å². The van der Waals surface area contributed by atoms with Gasteiger partial charge in [0.05, 0.1) is 10.5 Å². The van der Waals surface area contributed by atoms with Crippen LogP contribution in [0.4, 0.5) is 11.5 Å². The molecule has 0 radical (unpaired) electrons. The third kappa shape index (κ3) is 3.54. The Morgan fingerprint density at radius 2 is 2.29 bits per heavy atom. The molecule has 9 heteroatoms. The highest BCUT2D eigenvalue weighted by molar-refractivity contribution is 6.33. The van der Waals surface area contributed by atoms with Crippen molar-refractivity contribution in [2.75, 3.05) is 5.32 Å². The number of H-pyrrole nitrogens is 1. The highest BCUT2D eigenvalue weighted by Gasteiger charge is 2.18. The van der Waals surface area contributed by atoms with E-state index in [9.17, 15) is 14.9 Å². The molecular formula is C12H12ClN5O3. The van der Waals surface area contributed by atoms with Crippen LogP contribution in [0, 0.1) is 10.1 Å². The van der Waals surface area contributed by atoms with Crippen molar-refractivity contribution in [3.63, 3.8) is 0 Å². The molecular weight excluding hydrogens is 298 g/mol. The van der Waals surface area contributed by atoms with E-state index in [0.717, 1.165) is 30.8 Å². The highest BCUT2D eigenvalue weighted by Crippen LogP contribution is 2.20. The summed E-state index contributed by atoms with van der Waals surface area (Å²) in [6, 6.07) is 2.77. The van der Waals surface area contributed by atoms with Gasteiger partial charge in [-0.15, -0.1) is 0 Å². The van der Waals surface area contributed by atoms with E-state index in [4.69, 9.17) is 11.6 Å². The maximum Gasteiger partial charge on any atom is 0.288 e. The second-order valence-electron chi connectivity index (χ2n) is 4.27. The number of nitro groups is 1. The minimum Gasteiger partial charge on any atom is -0.305 e. The van der Waals surface area contributed by atoms with E-state index in [-0.39, 0.29) is 16.4 Å². The Bertz CT molecular complexity index is 685. The summed E-state index contributed by atoms with van der Waals surface area (Å²) in [7, 11) is 0. The number of pyridine rings is 1. The smallest absolute Gasteiger partial charge is 0.288 e. The Morgan fingerprint density at radius 3 is 2.95 bits per heavy atom. The predicted octanol–water partition coefficient (Wildman–Crippen LogP) is 2.57. The number of carbonyl (C=O) groups excluding carboxylic acids is 1. The van der Waals surface area contributed by atoms with Gasteiger partial charge in [0, 0.05) is 17.8 Å². The van der Waals surface area contributed by atoms with E-state index in [0.29, 0.717) is 5.82 Å². The van der Waals surface area contributed by atoms with E-state index < -0.39 is 10.8 Å². The molecule has 0 atom stereocenters. The van der Waals surface area contributed by atoms with Gasteiger partial charge in [-0.1, -0.05) is 24.9 Å². The molecule has 1 amide bonds. The minimum atomic E-state index is -0.645. The van der Waals surface area contributed by atoms with Crippen molar-refractivity contribution in [3.05, 3.63) is 44.9 Å². The lowest BCUT2D eigenvalue weighted by Gasteiger charge is -2.03. The summed E-state index contributed by atoms with van der Waals surface area (Å²) in [5.41, 5.74) is 0.500. The second kappa shape index (κ2) is 6.31. The zero-order valence-electron chi connectivity index (χ0n) is 11.1. The van der Waals surface area contributed by atoms with Crippen LogP contribution in [0.25, 0.3) is 0 Å². The summed E-state index contributed by atoms with van der Waals surface area (Å²) in [6.45, 7) is 2.02. The average molecular weight is 310 g/mol. The lowest BCUT2D eigenvalue weighted by atomic mass is 10.2. The van der Waals surface area contributed by atoms with Gasteiger partial charge in [0.2, 0.25) is 0 Å². The summed E-state index contributed by atoms with van der Waals surface area (Å²) in [5, 5.41) is 19.8. The number of anilines is 1. The van der Waals surface area contributed by atoms with Gasteiger partial charge in [0.25, 0.3) is 11.6 Å². The fourth-order valence-electron chi connectivity index (χ4n) is 1.70. The van der Waals surface area contributed by atoms with Gasteiger partial charge in [-0.25, -0.2) is 4.98 Å². The van der Waals surface area contributed by atoms with Crippen LogP contribution < -0.4 is 5.32 Å². The molecule has 8 nitrogen and oxygen atoms in total. The Balaban J connectivity index is 2.19. The number of aryl methyl sites for hydroxylation is 1. The summed E-state index contributed by atoms with van der Waals surface area (Å²) in [4.78, 5) is 25.7. The largest absolute Gasteiger partial charge is 0.305 e. The Hall–Kier alpha value is -2.48. The Morgan fingerprint density at radius 1 is 1.52 bits per heavy atom. The van der Waals surface area contributed by atoms with Gasteiger partial charge in [-0.2, -0.15) is 5.10 Å². The quantitative estimate of drug-likeness (QED) is 0.500. The molecule has 0 saturated heterocycles. The molecule has 2 rings (SSSR count). The van der Waals surface area contributed by atoms with E-state index in [1.807, 2.05) is 6.92 Å². The number of aromatic amines is 1. The molecule has 0 fully saturated rings. The van der Waals surface area contributed by atoms with Crippen LogP contribution in [0.3, 0.4) is 0 Å². The predicted molar refractivity (Wildman–Crippen MR) is 76.4 cm³/mol. The molecule has 0 aromatic carbocycles. The van der Waals surface area contributed by atoms with Gasteiger partial charge in [0.15, 0.2) is 5.82 Å². The van der Waals surface area contributed by atoms with E-state index >= 15 is 0 Å². The first-order valence-electron chi connectivity index (χ1n) is 6.16. The van der Waals surface area contributed by atoms with Gasteiger partial charge in [0.1, 0.15) is 11.3 Å². The highest BCUT2D eigenvalue weighted by atomic mass is 35.5. The summed E-state index contributed by atoms with van der Waals surface area (Å²) < 4.78 is 0. The fourth-order valence-corrected chi connectivity index (χ4v) is 1.89. The number of halogens is 1. The second-order valence-corrected chi connectivity index (χ2v) is 4.63. The first-order chi connectivity index (χ1) is 10.0. The number of aromatic nitrogens is 3. The first kappa shape index (κ1) is 14.9. The molecule has 21 heavy (non-hydrogen) atoms. The number of amides is 1. The molecule has 2 heterocycles. The zero-order valence-corrected chi connectivity index (χ0v) is 11.8. The van der Waals surface area contributed by atoms with Crippen molar-refractivity contribution in [2.45, 2.75) is 19.8 Å². The van der Waals surface area contributed by atoms with Gasteiger partial charge >= 0.3 is 0 Å². The molecule has 0 aliphatic heterocycles. The Kier molecular flexibility index (Phi) is 4.49. The molecule has 0 aliphatic rings. The van der Waals surface area contributed by atoms with Crippen LogP contribution in [0.15, 0.2) is 18.3 Å². The molecule has 0 spiro atoms. The number of rotatable bonds is 5.